The summed E-state index contributed by atoms with van der Waals surface area (Å²) in [6.45, 7) is 3.92. The van der Waals surface area contributed by atoms with E-state index in [2.05, 4.69) is 34.1 Å². The number of rotatable bonds is 6. The fraction of sp³-hybridized carbons (Fsp3) is 0.292. The van der Waals surface area contributed by atoms with E-state index in [4.69, 9.17) is 0 Å². The Morgan fingerprint density at radius 3 is 2.38 bits per heavy atom. The maximum absolute atomic E-state index is 12.5. The molecular formula is C24H25N3O2. The fourth-order valence-electron chi connectivity index (χ4n) is 3.84. The van der Waals surface area contributed by atoms with Crippen molar-refractivity contribution in [2.45, 2.75) is 19.4 Å². The summed E-state index contributed by atoms with van der Waals surface area (Å²) in [5.41, 5.74) is 2.94. The summed E-state index contributed by atoms with van der Waals surface area (Å²) >= 11 is 0. The molecule has 5 nitrogen and oxygen atoms in total. The Morgan fingerprint density at radius 1 is 0.828 bits per heavy atom. The Balaban J connectivity index is 1.28. The molecule has 0 aliphatic carbocycles. The van der Waals surface area contributed by atoms with Crippen LogP contribution in [0, 0.1) is 0 Å². The van der Waals surface area contributed by atoms with Gasteiger partial charge in [0.15, 0.2) is 5.78 Å². The van der Waals surface area contributed by atoms with Crippen molar-refractivity contribution in [1.29, 1.82) is 0 Å². The summed E-state index contributed by atoms with van der Waals surface area (Å²) in [6, 6.07) is 19.5. The molecule has 1 fully saturated rings. The van der Waals surface area contributed by atoms with Crippen molar-refractivity contribution in [1.82, 2.24) is 14.8 Å². The molecule has 2 aromatic carbocycles. The van der Waals surface area contributed by atoms with Gasteiger partial charge in [-0.15, -0.1) is 0 Å². The largest absolute Gasteiger partial charge is 0.340 e. The first-order valence-corrected chi connectivity index (χ1v) is 10.1. The van der Waals surface area contributed by atoms with Crippen LogP contribution in [0.5, 0.6) is 0 Å². The molecule has 0 spiro atoms. The molecule has 2 heterocycles. The maximum atomic E-state index is 12.5. The van der Waals surface area contributed by atoms with Crippen molar-refractivity contribution in [3.05, 3.63) is 78.0 Å². The highest BCUT2D eigenvalue weighted by Crippen LogP contribution is 2.18. The Bertz CT molecular complexity index is 990. The summed E-state index contributed by atoms with van der Waals surface area (Å²) in [5, 5.41) is 1.15. The molecule has 1 amide bonds. The number of carbonyl (C=O) groups excluding carboxylic acids is 2. The van der Waals surface area contributed by atoms with Gasteiger partial charge in [0.25, 0.3) is 0 Å². The van der Waals surface area contributed by atoms with Crippen LogP contribution in [0.1, 0.15) is 28.8 Å². The predicted octanol–water partition coefficient (Wildman–Crippen LogP) is 3.54. The van der Waals surface area contributed by atoms with Gasteiger partial charge in [0.1, 0.15) is 0 Å². The number of aromatic nitrogens is 1. The van der Waals surface area contributed by atoms with Crippen LogP contribution >= 0.6 is 0 Å². The van der Waals surface area contributed by atoms with Crippen LogP contribution < -0.4 is 0 Å². The molecule has 29 heavy (non-hydrogen) atoms. The SMILES string of the molecule is O=C(CCC(=O)N1CCN(Cc2cccc3cccnc23)CC1)c1ccccc1. The lowest BCUT2D eigenvalue weighted by Gasteiger charge is -2.35. The normalized spacial score (nSPS) is 14.8. The number of piperazine rings is 1. The van der Waals surface area contributed by atoms with Crippen molar-refractivity contribution < 1.29 is 9.59 Å². The van der Waals surface area contributed by atoms with Gasteiger partial charge in [0, 0.05) is 62.7 Å². The van der Waals surface area contributed by atoms with Crippen molar-refractivity contribution in [3.63, 3.8) is 0 Å². The number of hydrogen-bond acceptors (Lipinski definition) is 4. The van der Waals surface area contributed by atoms with Crippen molar-refractivity contribution in [2.75, 3.05) is 26.2 Å². The van der Waals surface area contributed by atoms with Gasteiger partial charge in [-0.05, 0) is 11.6 Å². The highest BCUT2D eigenvalue weighted by Gasteiger charge is 2.22. The van der Waals surface area contributed by atoms with Gasteiger partial charge in [-0.3, -0.25) is 19.5 Å². The van der Waals surface area contributed by atoms with E-state index < -0.39 is 0 Å². The Kier molecular flexibility index (Phi) is 5.96. The number of carbonyl (C=O) groups is 2. The average molecular weight is 387 g/mol. The van der Waals surface area contributed by atoms with Gasteiger partial charge in [0.05, 0.1) is 5.52 Å². The molecule has 0 saturated carbocycles. The van der Waals surface area contributed by atoms with E-state index >= 15 is 0 Å². The molecular weight excluding hydrogens is 362 g/mol. The number of ketones is 1. The van der Waals surface area contributed by atoms with Gasteiger partial charge in [0.2, 0.25) is 5.91 Å². The minimum atomic E-state index is 0.0287. The topological polar surface area (TPSA) is 53.5 Å². The van der Waals surface area contributed by atoms with Crippen LogP contribution in [0.15, 0.2) is 66.9 Å². The van der Waals surface area contributed by atoms with E-state index in [9.17, 15) is 9.59 Å². The Morgan fingerprint density at radius 2 is 1.59 bits per heavy atom. The average Bonchev–Trinajstić information content (AvgIpc) is 2.78. The molecule has 148 valence electrons. The first-order valence-electron chi connectivity index (χ1n) is 10.1. The fourth-order valence-corrected chi connectivity index (χ4v) is 3.84. The van der Waals surface area contributed by atoms with E-state index in [0.717, 1.165) is 30.5 Å². The lowest BCUT2D eigenvalue weighted by molar-refractivity contribution is -0.132. The molecule has 0 atom stereocenters. The van der Waals surface area contributed by atoms with Crippen LogP contribution in [-0.4, -0.2) is 52.7 Å². The Hall–Kier alpha value is -3.05. The summed E-state index contributed by atoms with van der Waals surface area (Å²) < 4.78 is 0. The maximum Gasteiger partial charge on any atom is 0.223 e. The van der Waals surface area contributed by atoms with Gasteiger partial charge < -0.3 is 4.90 Å². The zero-order chi connectivity index (χ0) is 20.1. The number of para-hydroxylation sites is 1. The summed E-state index contributed by atoms with van der Waals surface area (Å²) in [7, 11) is 0. The van der Waals surface area contributed by atoms with Crippen molar-refractivity contribution >= 4 is 22.6 Å². The first kappa shape index (κ1) is 19.3. The standard InChI is InChI=1S/C24H25N3O2/c28-22(19-6-2-1-3-7-19)11-12-23(29)27-16-14-26(15-17-27)18-21-9-4-8-20-10-5-13-25-24(20)21/h1-10,13H,11-12,14-18H2. The van der Waals surface area contributed by atoms with Crippen LogP contribution in [0.25, 0.3) is 10.9 Å². The van der Waals surface area contributed by atoms with Gasteiger partial charge in [-0.2, -0.15) is 0 Å². The quantitative estimate of drug-likeness (QED) is 0.607. The van der Waals surface area contributed by atoms with Crippen molar-refractivity contribution in [3.8, 4) is 0 Å². The molecule has 0 unspecified atom stereocenters. The van der Waals surface area contributed by atoms with Gasteiger partial charge in [-0.25, -0.2) is 0 Å². The van der Waals surface area contributed by atoms with E-state index in [1.54, 1.807) is 12.1 Å². The van der Waals surface area contributed by atoms with Crippen LogP contribution in [0.4, 0.5) is 0 Å². The Labute approximate surface area is 171 Å². The number of pyridine rings is 1. The third-order valence-corrected chi connectivity index (χ3v) is 5.50. The lowest BCUT2D eigenvalue weighted by Crippen LogP contribution is -2.48. The van der Waals surface area contributed by atoms with Crippen LogP contribution in [-0.2, 0) is 11.3 Å². The highest BCUT2D eigenvalue weighted by molar-refractivity contribution is 5.97. The second-order valence-corrected chi connectivity index (χ2v) is 7.44. The number of benzene rings is 2. The second-order valence-electron chi connectivity index (χ2n) is 7.44. The molecule has 1 aromatic heterocycles. The predicted molar refractivity (Wildman–Crippen MR) is 114 cm³/mol. The highest BCUT2D eigenvalue weighted by atomic mass is 16.2. The van der Waals surface area contributed by atoms with E-state index in [1.807, 2.05) is 35.4 Å². The second kappa shape index (κ2) is 8.97. The smallest absolute Gasteiger partial charge is 0.223 e. The molecule has 0 N–H and O–H groups in total. The number of nitrogens with zero attached hydrogens (tertiary/aromatic N) is 3. The number of fused-ring (bicyclic) bond motifs is 1. The van der Waals surface area contributed by atoms with Crippen LogP contribution in [0.3, 0.4) is 0 Å². The van der Waals surface area contributed by atoms with Crippen LogP contribution in [0.2, 0.25) is 0 Å². The molecule has 3 aromatic rings. The monoisotopic (exact) mass is 387 g/mol. The minimum Gasteiger partial charge on any atom is -0.340 e. The molecule has 5 heteroatoms. The first-order chi connectivity index (χ1) is 14.2. The summed E-state index contributed by atoms with van der Waals surface area (Å²) in [6.07, 6.45) is 2.38. The lowest BCUT2D eigenvalue weighted by atomic mass is 10.1. The number of amides is 1. The van der Waals surface area contributed by atoms with E-state index in [-0.39, 0.29) is 24.5 Å². The summed E-state index contributed by atoms with van der Waals surface area (Å²) in [4.78, 5) is 33.5. The number of Topliss-reactive ketones (excluding diaryl/α,β-unsaturated/α-hetero) is 1. The molecule has 1 aliphatic rings. The molecule has 1 saturated heterocycles. The van der Waals surface area contributed by atoms with Gasteiger partial charge >= 0.3 is 0 Å². The zero-order valence-corrected chi connectivity index (χ0v) is 16.5. The number of hydrogen-bond donors (Lipinski definition) is 0. The summed E-state index contributed by atoms with van der Waals surface area (Å²) in [5.74, 6) is 0.0989. The molecule has 0 radical (unpaired) electrons. The molecule has 1 aliphatic heterocycles. The van der Waals surface area contributed by atoms with Crippen molar-refractivity contribution in [2.24, 2.45) is 0 Å². The van der Waals surface area contributed by atoms with Gasteiger partial charge in [-0.1, -0.05) is 54.6 Å². The molecule has 0 bridgehead atoms. The third-order valence-electron chi connectivity index (χ3n) is 5.50. The zero-order valence-electron chi connectivity index (χ0n) is 16.5. The van der Waals surface area contributed by atoms with E-state index in [1.165, 1.54) is 5.56 Å². The molecule has 4 rings (SSSR count). The third kappa shape index (κ3) is 4.69. The minimum absolute atomic E-state index is 0.0287. The van der Waals surface area contributed by atoms with E-state index in [0.29, 0.717) is 18.7 Å².